The second-order valence-corrected chi connectivity index (χ2v) is 5.72. The average molecular weight is 392 g/mol. The van der Waals surface area contributed by atoms with Crippen molar-refractivity contribution in [1.82, 2.24) is 0 Å². The van der Waals surface area contributed by atoms with Crippen molar-refractivity contribution in [1.29, 1.82) is 0 Å². The zero-order valence-electron chi connectivity index (χ0n) is 14.8. The molecule has 0 saturated heterocycles. The van der Waals surface area contributed by atoms with Crippen molar-refractivity contribution in [3.05, 3.63) is 48.0 Å². The Morgan fingerprint density at radius 1 is 1.14 bits per heavy atom. The van der Waals surface area contributed by atoms with Gasteiger partial charge in [0.05, 0.1) is 19.4 Å². The molecule has 1 aliphatic rings. The smallest absolute Gasteiger partial charge is 0.387 e. The molecule has 148 valence electrons. The maximum absolute atomic E-state index is 12.1. The molecule has 0 radical (unpaired) electrons. The molecule has 0 bridgehead atoms. The van der Waals surface area contributed by atoms with E-state index in [2.05, 4.69) is 15.2 Å². The van der Waals surface area contributed by atoms with Gasteiger partial charge in [-0.25, -0.2) is 0 Å². The molecule has 2 aromatic rings. The fraction of sp³-hybridized carbons (Fsp3) is 0.263. The van der Waals surface area contributed by atoms with Crippen LogP contribution in [-0.4, -0.2) is 38.6 Å². The zero-order chi connectivity index (χ0) is 19.8. The molecule has 0 saturated carbocycles. The van der Waals surface area contributed by atoms with Crippen molar-refractivity contribution in [2.45, 2.75) is 13.0 Å². The standard InChI is InChI=1S/C19H18F2N2O5/c20-19(21)28-15-5-2-13(3-6-15)11-22-27-12-18(24)23-14-4-7-16-17(10-14)26-9-1-8-25-16/h2-7,10-11,19H,1,8-9,12H2,(H,23,24)/b22-11+. The van der Waals surface area contributed by atoms with Crippen LogP contribution >= 0.6 is 0 Å². The summed E-state index contributed by atoms with van der Waals surface area (Å²) in [5, 5.41) is 6.35. The molecule has 0 aliphatic carbocycles. The molecular formula is C19H18F2N2O5. The molecule has 3 rings (SSSR count). The van der Waals surface area contributed by atoms with E-state index in [9.17, 15) is 13.6 Å². The first-order valence-corrected chi connectivity index (χ1v) is 8.50. The van der Waals surface area contributed by atoms with E-state index in [1.54, 1.807) is 18.2 Å². The van der Waals surface area contributed by atoms with E-state index in [0.717, 1.165) is 6.42 Å². The molecule has 28 heavy (non-hydrogen) atoms. The van der Waals surface area contributed by atoms with E-state index in [0.29, 0.717) is 36.0 Å². The first-order valence-electron chi connectivity index (χ1n) is 8.50. The third kappa shape index (κ3) is 5.83. The number of rotatable bonds is 7. The van der Waals surface area contributed by atoms with E-state index in [1.807, 2.05) is 0 Å². The number of carbonyl (C=O) groups is 1. The number of hydrogen-bond donors (Lipinski definition) is 1. The van der Waals surface area contributed by atoms with E-state index < -0.39 is 12.5 Å². The Labute approximate surface area is 159 Å². The van der Waals surface area contributed by atoms with Gasteiger partial charge in [-0.05, 0) is 42.0 Å². The second kappa shape index (κ2) is 9.54. The molecule has 1 heterocycles. The lowest BCUT2D eigenvalue weighted by atomic mass is 10.2. The van der Waals surface area contributed by atoms with Gasteiger partial charge >= 0.3 is 6.61 Å². The van der Waals surface area contributed by atoms with Gasteiger partial charge in [-0.2, -0.15) is 8.78 Å². The molecule has 0 atom stereocenters. The van der Waals surface area contributed by atoms with Crippen LogP contribution in [0.15, 0.2) is 47.6 Å². The number of fused-ring (bicyclic) bond motifs is 1. The quantitative estimate of drug-likeness (QED) is 0.577. The Balaban J connectivity index is 1.45. The Kier molecular flexibility index (Phi) is 6.61. The molecule has 1 aliphatic heterocycles. The fourth-order valence-electron chi connectivity index (χ4n) is 2.37. The normalized spacial score (nSPS) is 13.2. The molecule has 1 amide bonds. The molecule has 0 unspecified atom stereocenters. The van der Waals surface area contributed by atoms with Crippen LogP contribution in [0.4, 0.5) is 14.5 Å². The number of benzene rings is 2. The number of halogens is 2. The van der Waals surface area contributed by atoms with Gasteiger partial charge in [0.2, 0.25) is 0 Å². The maximum atomic E-state index is 12.1. The highest BCUT2D eigenvalue weighted by Gasteiger charge is 2.12. The van der Waals surface area contributed by atoms with Crippen molar-refractivity contribution >= 4 is 17.8 Å². The Hall–Kier alpha value is -3.36. The number of ether oxygens (including phenoxy) is 3. The van der Waals surface area contributed by atoms with Crippen molar-refractivity contribution in [3.63, 3.8) is 0 Å². The summed E-state index contributed by atoms with van der Waals surface area (Å²) in [6, 6.07) is 10.9. The van der Waals surface area contributed by atoms with Crippen molar-refractivity contribution in [3.8, 4) is 17.2 Å². The third-order valence-electron chi connectivity index (χ3n) is 3.61. The first-order chi connectivity index (χ1) is 13.6. The highest BCUT2D eigenvalue weighted by molar-refractivity contribution is 5.92. The highest BCUT2D eigenvalue weighted by atomic mass is 19.3. The Morgan fingerprint density at radius 3 is 2.64 bits per heavy atom. The summed E-state index contributed by atoms with van der Waals surface area (Å²) in [4.78, 5) is 16.9. The number of nitrogens with zero attached hydrogens (tertiary/aromatic N) is 1. The minimum absolute atomic E-state index is 0.0441. The molecule has 1 N–H and O–H groups in total. The number of nitrogens with one attached hydrogen (secondary N) is 1. The van der Waals surface area contributed by atoms with Crippen LogP contribution in [0.3, 0.4) is 0 Å². The summed E-state index contributed by atoms with van der Waals surface area (Å²) in [6.07, 6.45) is 2.15. The molecule has 0 spiro atoms. The monoisotopic (exact) mass is 392 g/mol. The number of anilines is 1. The topological polar surface area (TPSA) is 78.4 Å². The Morgan fingerprint density at radius 2 is 1.89 bits per heavy atom. The number of oxime groups is 1. The summed E-state index contributed by atoms with van der Waals surface area (Å²) in [6.45, 7) is -2.03. The molecule has 0 fully saturated rings. The van der Waals surface area contributed by atoms with Gasteiger partial charge in [-0.1, -0.05) is 5.16 Å². The van der Waals surface area contributed by atoms with Crippen LogP contribution in [0, 0.1) is 0 Å². The summed E-state index contributed by atoms with van der Waals surface area (Å²) < 4.78 is 39.5. The van der Waals surface area contributed by atoms with Crippen molar-refractivity contribution < 1.29 is 32.6 Å². The van der Waals surface area contributed by atoms with E-state index in [1.165, 1.54) is 30.5 Å². The summed E-state index contributed by atoms with van der Waals surface area (Å²) >= 11 is 0. The van der Waals surface area contributed by atoms with Gasteiger partial charge in [0.1, 0.15) is 5.75 Å². The minimum atomic E-state index is -2.87. The minimum Gasteiger partial charge on any atom is -0.490 e. The van der Waals surface area contributed by atoms with Crippen molar-refractivity contribution in [2.24, 2.45) is 5.16 Å². The maximum Gasteiger partial charge on any atom is 0.387 e. The highest BCUT2D eigenvalue weighted by Crippen LogP contribution is 2.32. The van der Waals surface area contributed by atoms with Gasteiger partial charge in [0.15, 0.2) is 18.1 Å². The summed E-state index contributed by atoms with van der Waals surface area (Å²) in [7, 11) is 0. The summed E-state index contributed by atoms with van der Waals surface area (Å²) in [5.74, 6) is 0.865. The van der Waals surface area contributed by atoms with E-state index in [-0.39, 0.29) is 12.4 Å². The first kappa shape index (κ1) is 19.4. The Bertz CT molecular complexity index is 828. The number of carbonyl (C=O) groups excluding carboxylic acids is 1. The average Bonchev–Trinajstić information content (AvgIpc) is 2.91. The number of alkyl halides is 2. The van der Waals surface area contributed by atoms with Gasteiger partial charge in [0.25, 0.3) is 5.91 Å². The van der Waals surface area contributed by atoms with Crippen LogP contribution in [0.2, 0.25) is 0 Å². The van der Waals surface area contributed by atoms with Crippen LogP contribution in [0.5, 0.6) is 17.2 Å². The molecule has 7 nitrogen and oxygen atoms in total. The predicted octanol–water partition coefficient (Wildman–Crippen LogP) is 3.44. The third-order valence-corrected chi connectivity index (χ3v) is 3.61. The van der Waals surface area contributed by atoms with Gasteiger partial charge < -0.3 is 24.4 Å². The van der Waals surface area contributed by atoms with Gasteiger partial charge in [-0.3, -0.25) is 4.79 Å². The number of hydrogen-bond acceptors (Lipinski definition) is 6. The predicted molar refractivity (Wildman–Crippen MR) is 97.3 cm³/mol. The van der Waals surface area contributed by atoms with Crippen LogP contribution in [-0.2, 0) is 9.63 Å². The largest absolute Gasteiger partial charge is 0.490 e. The number of amides is 1. The lowest BCUT2D eigenvalue weighted by Crippen LogP contribution is -2.17. The molecule has 9 heteroatoms. The summed E-state index contributed by atoms with van der Waals surface area (Å²) in [5.41, 5.74) is 1.15. The van der Waals surface area contributed by atoms with Crippen molar-refractivity contribution in [2.75, 3.05) is 25.1 Å². The fourth-order valence-corrected chi connectivity index (χ4v) is 2.37. The molecular weight excluding hydrogens is 374 g/mol. The van der Waals surface area contributed by atoms with Crippen LogP contribution < -0.4 is 19.5 Å². The van der Waals surface area contributed by atoms with Crippen LogP contribution in [0.25, 0.3) is 0 Å². The van der Waals surface area contributed by atoms with E-state index in [4.69, 9.17) is 14.3 Å². The SMILES string of the molecule is O=C(CO/N=C/c1ccc(OC(F)F)cc1)Nc1ccc2c(c1)OCCCO2. The van der Waals surface area contributed by atoms with E-state index >= 15 is 0 Å². The molecule has 0 aromatic heterocycles. The lowest BCUT2D eigenvalue weighted by Gasteiger charge is -2.10. The lowest BCUT2D eigenvalue weighted by molar-refractivity contribution is -0.120. The van der Waals surface area contributed by atoms with Gasteiger partial charge in [0, 0.05) is 18.2 Å². The van der Waals surface area contributed by atoms with Gasteiger partial charge in [-0.15, -0.1) is 0 Å². The van der Waals surface area contributed by atoms with Crippen LogP contribution in [0.1, 0.15) is 12.0 Å². The zero-order valence-corrected chi connectivity index (χ0v) is 14.8. The molecule has 2 aromatic carbocycles. The second-order valence-electron chi connectivity index (χ2n) is 5.72.